The van der Waals surface area contributed by atoms with Crippen LogP contribution in [0, 0.1) is 24.7 Å². The SMILES string of the molecule is Cc1ccc(C(CNC(=O)CC2CC3CCC2C3)N2CCOCC2)o1. The summed E-state index contributed by atoms with van der Waals surface area (Å²) in [6, 6.07) is 4.14. The fourth-order valence-electron chi connectivity index (χ4n) is 5.08. The molecule has 0 spiro atoms. The molecule has 138 valence electrons. The number of hydrogen-bond acceptors (Lipinski definition) is 4. The van der Waals surface area contributed by atoms with Gasteiger partial charge in [-0.05, 0) is 56.1 Å². The van der Waals surface area contributed by atoms with Crippen molar-refractivity contribution in [3.63, 3.8) is 0 Å². The molecule has 5 nitrogen and oxygen atoms in total. The van der Waals surface area contributed by atoms with Crippen LogP contribution < -0.4 is 5.32 Å². The first-order chi connectivity index (χ1) is 12.2. The van der Waals surface area contributed by atoms with Gasteiger partial charge in [0.1, 0.15) is 11.5 Å². The van der Waals surface area contributed by atoms with E-state index in [2.05, 4.69) is 10.2 Å². The lowest BCUT2D eigenvalue weighted by atomic mass is 9.86. The number of aryl methyl sites for hydroxylation is 1. The Bertz CT molecular complexity index is 594. The Morgan fingerprint density at radius 3 is 2.76 bits per heavy atom. The van der Waals surface area contributed by atoms with Crippen LogP contribution in [0.15, 0.2) is 16.5 Å². The van der Waals surface area contributed by atoms with Gasteiger partial charge in [-0.1, -0.05) is 6.42 Å². The van der Waals surface area contributed by atoms with Gasteiger partial charge in [0.15, 0.2) is 0 Å². The van der Waals surface area contributed by atoms with Gasteiger partial charge in [0.2, 0.25) is 5.91 Å². The summed E-state index contributed by atoms with van der Waals surface area (Å²) < 4.78 is 11.3. The zero-order chi connectivity index (χ0) is 17.2. The molecule has 3 fully saturated rings. The van der Waals surface area contributed by atoms with E-state index in [0.29, 0.717) is 18.9 Å². The van der Waals surface area contributed by atoms with Gasteiger partial charge in [0.25, 0.3) is 0 Å². The molecule has 4 rings (SSSR count). The molecule has 2 bridgehead atoms. The van der Waals surface area contributed by atoms with Crippen molar-refractivity contribution in [2.45, 2.75) is 45.1 Å². The number of amides is 1. The maximum atomic E-state index is 12.5. The van der Waals surface area contributed by atoms with E-state index >= 15 is 0 Å². The molecule has 1 N–H and O–H groups in total. The maximum Gasteiger partial charge on any atom is 0.220 e. The van der Waals surface area contributed by atoms with Crippen molar-refractivity contribution in [3.05, 3.63) is 23.7 Å². The number of ether oxygens (including phenoxy) is 1. The first kappa shape index (κ1) is 17.1. The van der Waals surface area contributed by atoms with Crippen molar-refractivity contribution >= 4 is 5.91 Å². The Kier molecular flexibility index (Phi) is 5.13. The predicted octanol–water partition coefficient (Wildman–Crippen LogP) is 2.90. The van der Waals surface area contributed by atoms with E-state index in [1.807, 2.05) is 19.1 Å². The molecule has 2 aliphatic carbocycles. The van der Waals surface area contributed by atoms with Crippen LogP contribution in [-0.4, -0.2) is 43.7 Å². The van der Waals surface area contributed by atoms with E-state index < -0.39 is 0 Å². The Morgan fingerprint density at radius 1 is 1.28 bits per heavy atom. The van der Waals surface area contributed by atoms with Crippen LogP contribution in [0.2, 0.25) is 0 Å². The molecule has 1 aromatic heterocycles. The number of furan rings is 1. The summed E-state index contributed by atoms with van der Waals surface area (Å²) in [5, 5.41) is 3.19. The largest absolute Gasteiger partial charge is 0.465 e. The van der Waals surface area contributed by atoms with Crippen LogP contribution in [0.5, 0.6) is 0 Å². The molecule has 4 unspecified atom stereocenters. The highest BCUT2D eigenvalue weighted by Crippen LogP contribution is 2.49. The molecule has 3 aliphatic rings. The molecule has 1 aliphatic heterocycles. The molecule has 1 aromatic rings. The Hall–Kier alpha value is -1.33. The van der Waals surface area contributed by atoms with Crippen LogP contribution in [0.1, 0.15) is 49.7 Å². The second-order valence-electron chi connectivity index (χ2n) is 8.06. The average Bonchev–Trinajstić information content (AvgIpc) is 3.33. The van der Waals surface area contributed by atoms with Crippen LogP contribution in [0.3, 0.4) is 0 Å². The van der Waals surface area contributed by atoms with Gasteiger partial charge < -0.3 is 14.5 Å². The standard InChI is InChI=1S/C20H30N2O3/c1-14-2-5-19(25-14)18(22-6-8-24-9-7-22)13-21-20(23)12-17-11-15-3-4-16(17)10-15/h2,5,15-18H,3-4,6-13H2,1H3,(H,21,23). The fourth-order valence-corrected chi connectivity index (χ4v) is 5.08. The second kappa shape index (κ2) is 7.50. The lowest BCUT2D eigenvalue weighted by molar-refractivity contribution is -0.122. The van der Waals surface area contributed by atoms with Crippen molar-refractivity contribution in [2.75, 3.05) is 32.8 Å². The van der Waals surface area contributed by atoms with Gasteiger partial charge in [-0.15, -0.1) is 0 Å². The predicted molar refractivity (Wildman–Crippen MR) is 95.1 cm³/mol. The van der Waals surface area contributed by atoms with E-state index in [9.17, 15) is 4.79 Å². The van der Waals surface area contributed by atoms with Crippen molar-refractivity contribution in [1.82, 2.24) is 10.2 Å². The number of rotatable bonds is 6. The summed E-state index contributed by atoms with van der Waals surface area (Å²) in [6.07, 6.45) is 6.06. The fraction of sp³-hybridized carbons (Fsp3) is 0.750. The highest BCUT2D eigenvalue weighted by atomic mass is 16.5. The summed E-state index contributed by atoms with van der Waals surface area (Å²) in [7, 11) is 0. The van der Waals surface area contributed by atoms with Gasteiger partial charge in [0, 0.05) is 26.1 Å². The van der Waals surface area contributed by atoms with Crippen molar-refractivity contribution in [1.29, 1.82) is 0 Å². The molecular weight excluding hydrogens is 316 g/mol. The van der Waals surface area contributed by atoms with Crippen LogP contribution in [-0.2, 0) is 9.53 Å². The third-order valence-electron chi connectivity index (χ3n) is 6.40. The summed E-state index contributed by atoms with van der Waals surface area (Å²) in [5.41, 5.74) is 0. The van der Waals surface area contributed by atoms with Gasteiger partial charge >= 0.3 is 0 Å². The minimum absolute atomic E-state index is 0.0987. The number of nitrogens with one attached hydrogen (secondary N) is 1. The normalized spacial score (nSPS) is 30.5. The summed E-state index contributed by atoms with van der Waals surface area (Å²) >= 11 is 0. The Balaban J connectivity index is 1.34. The number of carbonyl (C=O) groups excluding carboxylic acids is 1. The summed E-state index contributed by atoms with van der Waals surface area (Å²) in [4.78, 5) is 14.9. The number of carbonyl (C=O) groups is 1. The average molecular weight is 346 g/mol. The number of morpholine rings is 1. The molecule has 2 saturated carbocycles. The minimum Gasteiger partial charge on any atom is -0.465 e. The van der Waals surface area contributed by atoms with Crippen molar-refractivity contribution in [2.24, 2.45) is 17.8 Å². The molecule has 25 heavy (non-hydrogen) atoms. The molecule has 1 saturated heterocycles. The van der Waals surface area contributed by atoms with Gasteiger partial charge in [0.05, 0.1) is 19.3 Å². The lowest BCUT2D eigenvalue weighted by Crippen LogP contribution is -2.44. The van der Waals surface area contributed by atoms with Crippen molar-refractivity contribution in [3.8, 4) is 0 Å². The molecule has 4 atom stereocenters. The first-order valence-corrected chi connectivity index (χ1v) is 9.84. The smallest absolute Gasteiger partial charge is 0.220 e. The van der Waals surface area contributed by atoms with E-state index in [-0.39, 0.29) is 11.9 Å². The zero-order valence-electron chi connectivity index (χ0n) is 15.2. The maximum absolute atomic E-state index is 12.5. The van der Waals surface area contributed by atoms with Crippen LogP contribution >= 0.6 is 0 Å². The highest BCUT2D eigenvalue weighted by molar-refractivity contribution is 5.76. The minimum atomic E-state index is 0.0987. The van der Waals surface area contributed by atoms with Gasteiger partial charge in [-0.3, -0.25) is 9.69 Å². The lowest BCUT2D eigenvalue weighted by Gasteiger charge is -2.33. The first-order valence-electron chi connectivity index (χ1n) is 9.84. The third-order valence-corrected chi connectivity index (χ3v) is 6.40. The molecule has 0 radical (unpaired) electrons. The molecule has 1 amide bonds. The molecular formula is C20H30N2O3. The monoisotopic (exact) mass is 346 g/mol. The quantitative estimate of drug-likeness (QED) is 0.860. The molecule has 5 heteroatoms. The van der Waals surface area contributed by atoms with Crippen LogP contribution in [0.25, 0.3) is 0 Å². The summed E-state index contributed by atoms with van der Waals surface area (Å²) in [5.74, 6) is 4.39. The van der Waals surface area contributed by atoms with E-state index in [0.717, 1.165) is 49.7 Å². The number of fused-ring (bicyclic) bond motifs is 2. The van der Waals surface area contributed by atoms with Gasteiger partial charge in [-0.2, -0.15) is 0 Å². The molecule has 0 aromatic carbocycles. The van der Waals surface area contributed by atoms with Gasteiger partial charge in [-0.25, -0.2) is 0 Å². The highest BCUT2D eigenvalue weighted by Gasteiger charge is 2.40. The Labute approximate surface area is 150 Å². The topological polar surface area (TPSA) is 54.7 Å². The van der Waals surface area contributed by atoms with Crippen LogP contribution in [0.4, 0.5) is 0 Å². The number of nitrogens with zero attached hydrogens (tertiary/aromatic N) is 1. The zero-order valence-corrected chi connectivity index (χ0v) is 15.2. The van der Waals surface area contributed by atoms with E-state index in [1.165, 1.54) is 25.7 Å². The van der Waals surface area contributed by atoms with E-state index in [1.54, 1.807) is 0 Å². The Morgan fingerprint density at radius 2 is 2.12 bits per heavy atom. The third kappa shape index (κ3) is 3.93. The van der Waals surface area contributed by atoms with Crippen molar-refractivity contribution < 1.29 is 13.9 Å². The number of hydrogen-bond donors (Lipinski definition) is 1. The summed E-state index contributed by atoms with van der Waals surface area (Å²) in [6.45, 7) is 5.84. The van der Waals surface area contributed by atoms with E-state index in [4.69, 9.17) is 9.15 Å². The second-order valence-corrected chi connectivity index (χ2v) is 8.06. The molecule has 2 heterocycles.